The minimum absolute atomic E-state index is 0.613. The van der Waals surface area contributed by atoms with Gasteiger partial charge in [-0.15, -0.1) is 0 Å². The van der Waals surface area contributed by atoms with E-state index in [1.54, 1.807) is 7.11 Å². The number of hydrogen-bond acceptors (Lipinski definition) is 3. The topological polar surface area (TPSA) is 38.5 Å². The summed E-state index contributed by atoms with van der Waals surface area (Å²) in [5.41, 5.74) is 10.5. The van der Waals surface area contributed by atoms with Gasteiger partial charge in [0.1, 0.15) is 5.75 Å². The van der Waals surface area contributed by atoms with Crippen LogP contribution in [0.1, 0.15) is 27.9 Å². The highest BCUT2D eigenvalue weighted by Gasteiger charge is 2.13. The lowest BCUT2D eigenvalue weighted by atomic mass is 10.1. The first-order valence-corrected chi connectivity index (χ1v) is 10.2. The zero-order valence-corrected chi connectivity index (χ0v) is 17.7. The monoisotopic (exact) mass is 397 g/mol. The Kier molecular flexibility index (Phi) is 5.84. The number of hydrogen-bond donors (Lipinski definition) is 1. The molecule has 0 saturated heterocycles. The number of ether oxygens (including phenoxy) is 1. The lowest BCUT2D eigenvalue weighted by Gasteiger charge is -2.11. The fourth-order valence-corrected chi connectivity index (χ4v) is 3.87. The second kappa shape index (κ2) is 8.87. The van der Waals surface area contributed by atoms with Crippen molar-refractivity contribution < 1.29 is 4.74 Å². The van der Waals surface area contributed by atoms with Gasteiger partial charge in [-0.05, 0) is 37.1 Å². The largest absolute Gasteiger partial charge is 0.496 e. The average Bonchev–Trinajstić information content (AvgIpc) is 3.04. The van der Waals surface area contributed by atoms with E-state index in [-0.39, 0.29) is 0 Å². The molecule has 4 heteroatoms. The van der Waals surface area contributed by atoms with Crippen LogP contribution >= 0.6 is 0 Å². The number of benzene rings is 3. The number of aryl methyl sites for hydroxylation is 1. The maximum Gasteiger partial charge on any atom is 0.123 e. The van der Waals surface area contributed by atoms with Crippen molar-refractivity contribution in [1.82, 2.24) is 9.99 Å². The van der Waals surface area contributed by atoms with Gasteiger partial charge >= 0.3 is 0 Å². The second-order valence-corrected chi connectivity index (χ2v) is 7.43. The predicted molar refractivity (Wildman–Crippen MR) is 124 cm³/mol. The Morgan fingerprint density at radius 1 is 0.900 bits per heavy atom. The maximum atomic E-state index is 5.41. The van der Waals surface area contributed by atoms with Crippen molar-refractivity contribution in [2.45, 2.75) is 26.9 Å². The molecule has 0 amide bonds. The van der Waals surface area contributed by atoms with Gasteiger partial charge in [0.05, 0.1) is 19.9 Å². The van der Waals surface area contributed by atoms with Crippen molar-refractivity contribution in [3.63, 3.8) is 0 Å². The number of aromatic nitrogens is 1. The van der Waals surface area contributed by atoms with Crippen molar-refractivity contribution in [1.29, 1.82) is 0 Å². The Morgan fingerprint density at radius 3 is 2.40 bits per heavy atom. The number of methoxy groups -OCH3 is 1. The van der Waals surface area contributed by atoms with Crippen LogP contribution < -0.4 is 10.2 Å². The summed E-state index contributed by atoms with van der Waals surface area (Å²) in [6, 6.07) is 25.1. The molecule has 0 fully saturated rings. The molecule has 152 valence electrons. The lowest BCUT2D eigenvalue weighted by Crippen LogP contribution is -2.07. The first-order chi connectivity index (χ1) is 14.7. The minimum Gasteiger partial charge on any atom is -0.496 e. The highest BCUT2D eigenvalue weighted by molar-refractivity contribution is 6.01. The van der Waals surface area contributed by atoms with Crippen LogP contribution in [0.2, 0.25) is 0 Å². The van der Waals surface area contributed by atoms with E-state index in [2.05, 4.69) is 77.5 Å². The van der Waals surface area contributed by atoms with E-state index < -0.39 is 0 Å². The fourth-order valence-electron chi connectivity index (χ4n) is 3.87. The van der Waals surface area contributed by atoms with Gasteiger partial charge in [-0.1, -0.05) is 60.7 Å². The molecule has 0 spiro atoms. The zero-order chi connectivity index (χ0) is 20.9. The normalized spacial score (nSPS) is 11.3. The molecule has 0 aliphatic carbocycles. The number of nitrogens with zero attached hydrogens (tertiary/aromatic N) is 2. The molecule has 0 unspecified atom stereocenters. The van der Waals surface area contributed by atoms with Crippen LogP contribution in [0.3, 0.4) is 0 Å². The van der Waals surface area contributed by atoms with Gasteiger partial charge in [-0.25, -0.2) is 0 Å². The smallest absolute Gasteiger partial charge is 0.123 e. The molecular formula is C26H27N3O. The Hall–Kier alpha value is -3.53. The van der Waals surface area contributed by atoms with Crippen LogP contribution in [0.25, 0.3) is 10.9 Å². The number of hydrazone groups is 1. The summed E-state index contributed by atoms with van der Waals surface area (Å²) in [5, 5.41) is 5.73. The van der Waals surface area contributed by atoms with Crippen LogP contribution in [-0.4, -0.2) is 17.9 Å². The molecule has 0 radical (unpaired) electrons. The van der Waals surface area contributed by atoms with E-state index >= 15 is 0 Å². The second-order valence-electron chi connectivity index (χ2n) is 7.43. The van der Waals surface area contributed by atoms with Crippen molar-refractivity contribution in [3.05, 3.63) is 101 Å². The quantitative estimate of drug-likeness (QED) is 0.333. The molecule has 1 aromatic heterocycles. The highest BCUT2D eigenvalue weighted by Crippen LogP contribution is 2.26. The van der Waals surface area contributed by atoms with Gasteiger partial charge in [0.25, 0.3) is 0 Å². The summed E-state index contributed by atoms with van der Waals surface area (Å²) in [6.45, 7) is 5.79. The molecule has 4 aromatic rings. The molecule has 0 atom stereocenters. The van der Waals surface area contributed by atoms with Crippen molar-refractivity contribution >= 4 is 17.1 Å². The maximum absolute atomic E-state index is 5.41. The molecule has 4 rings (SSSR count). The summed E-state index contributed by atoms with van der Waals surface area (Å²) >= 11 is 0. The Bertz CT molecular complexity index is 1190. The molecule has 1 N–H and O–H groups in total. The number of nitrogens with one attached hydrogen (secondary N) is 1. The van der Waals surface area contributed by atoms with E-state index in [1.807, 2.05) is 30.5 Å². The number of para-hydroxylation sites is 2. The average molecular weight is 398 g/mol. The summed E-state index contributed by atoms with van der Waals surface area (Å²) in [6.07, 6.45) is 1.93. The summed E-state index contributed by atoms with van der Waals surface area (Å²) in [4.78, 5) is 0. The predicted octanol–water partition coefficient (Wildman–Crippen LogP) is 5.44. The summed E-state index contributed by atoms with van der Waals surface area (Å²) < 4.78 is 7.79. The van der Waals surface area contributed by atoms with Crippen molar-refractivity contribution in [2.75, 3.05) is 7.11 Å². The Balaban J connectivity index is 1.61. The molecule has 0 saturated carbocycles. The molecule has 0 aliphatic rings. The van der Waals surface area contributed by atoms with E-state index in [1.165, 1.54) is 27.7 Å². The van der Waals surface area contributed by atoms with E-state index in [4.69, 9.17) is 4.74 Å². The van der Waals surface area contributed by atoms with E-state index in [0.717, 1.165) is 23.4 Å². The SMILES string of the molecule is COc1ccccc1CN/N=C\c1c(C)n(Cc2ccccc2C)c2ccccc12. The molecule has 1 heterocycles. The first-order valence-electron chi connectivity index (χ1n) is 10.2. The summed E-state index contributed by atoms with van der Waals surface area (Å²) in [7, 11) is 1.69. The van der Waals surface area contributed by atoms with Crippen LogP contribution in [0, 0.1) is 13.8 Å². The van der Waals surface area contributed by atoms with Crippen molar-refractivity contribution in [2.24, 2.45) is 5.10 Å². The molecular weight excluding hydrogens is 370 g/mol. The van der Waals surface area contributed by atoms with Gasteiger partial charge < -0.3 is 14.7 Å². The van der Waals surface area contributed by atoms with Gasteiger partial charge in [0.2, 0.25) is 0 Å². The van der Waals surface area contributed by atoms with E-state index in [9.17, 15) is 0 Å². The lowest BCUT2D eigenvalue weighted by molar-refractivity contribution is 0.408. The highest BCUT2D eigenvalue weighted by atomic mass is 16.5. The fraction of sp³-hybridized carbons (Fsp3) is 0.192. The molecule has 30 heavy (non-hydrogen) atoms. The van der Waals surface area contributed by atoms with Crippen LogP contribution in [0.15, 0.2) is 77.9 Å². The Morgan fingerprint density at radius 2 is 1.60 bits per heavy atom. The minimum atomic E-state index is 0.613. The summed E-state index contributed by atoms with van der Waals surface area (Å²) in [5.74, 6) is 0.867. The van der Waals surface area contributed by atoms with Crippen molar-refractivity contribution in [3.8, 4) is 5.75 Å². The third kappa shape index (κ3) is 3.94. The standard InChI is InChI=1S/C26H27N3O/c1-19-10-4-5-12-22(19)18-29-20(2)24(23-13-7-8-14-25(23)29)17-28-27-16-21-11-6-9-15-26(21)30-3/h4-15,17,27H,16,18H2,1-3H3/b28-17-. The zero-order valence-electron chi connectivity index (χ0n) is 17.7. The molecule has 0 aliphatic heterocycles. The third-order valence-corrected chi connectivity index (χ3v) is 5.62. The van der Waals surface area contributed by atoms with Gasteiger partial charge in [0.15, 0.2) is 0 Å². The molecule has 4 nitrogen and oxygen atoms in total. The van der Waals surface area contributed by atoms with Gasteiger partial charge in [-0.2, -0.15) is 5.10 Å². The number of fused-ring (bicyclic) bond motifs is 1. The van der Waals surface area contributed by atoms with Crippen LogP contribution in [-0.2, 0) is 13.1 Å². The third-order valence-electron chi connectivity index (χ3n) is 5.62. The first kappa shape index (κ1) is 19.8. The van der Waals surface area contributed by atoms with E-state index in [0.29, 0.717) is 6.54 Å². The molecule has 0 bridgehead atoms. The van der Waals surface area contributed by atoms with Crippen LogP contribution in [0.5, 0.6) is 5.75 Å². The molecule has 3 aromatic carbocycles. The van der Waals surface area contributed by atoms with Gasteiger partial charge in [0, 0.05) is 34.3 Å². The van der Waals surface area contributed by atoms with Gasteiger partial charge in [-0.3, -0.25) is 0 Å². The number of rotatable bonds is 7. The Labute approximate surface area is 177 Å². The van der Waals surface area contributed by atoms with Crippen LogP contribution in [0.4, 0.5) is 0 Å².